The fraction of sp³-hybridized carbons (Fsp3) is 0.788. The Bertz CT molecular complexity index is 1270. The lowest BCUT2D eigenvalue weighted by atomic mass is 10.0. The Morgan fingerprint density at radius 1 is 0.484 bits per heavy atom. The molecule has 0 aromatic heterocycles. The third-order valence-electron chi connectivity index (χ3n) is 11.0. The highest BCUT2D eigenvalue weighted by Crippen LogP contribution is 2.43. The van der Waals surface area contributed by atoms with E-state index in [0.717, 1.165) is 57.8 Å². The smallest absolute Gasteiger partial charge is 0.472 e. The predicted molar refractivity (Wildman–Crippen MR) is 263 cm³/mol. The number of rotatable bonds is 48. The van der Waals surface area contributed by atoms with Gasteiger partial charge in [0.2, 0.25) is 0 Å². The van der Waals surface area contributed by atoms with Crippen molar-refractivity contribution in [2.75, 3.05) is 19.8 Å². The molecule has 0 heterocycles. The Balaban J connectivity index is 4.25. The summed E-state index contributed by atoms with van der Waals surface area (Å²) < 4.78 is 32.8. The monoisotopic (exact) mass is 924 g/mol. The Morgan fingerprint density at radius 3 is 1.25 bits per heavy atom. The van der Waals surface area contributed by atoms with Gasteiger partial charge in [0.1, 0.15) is 12.6 Å². The summed E-state index contributed by atoms with van der Waals surface area (Å²) in [7, 11) is -4.72. The molecule has 12 heteroatoms. The molecule has 0 aromatic carbocycles. The summed E-state index contributed by atoms with van der Waals surface area (Å²) in [6.45, 7) is 2.79. The van der Waals surface area contributed by atoms with E-state index in [1.54, 1.807) is 0 Å². The van der Waals surface area contributed by atoms with Crippen LogP contribution in [0.3, 0.4) is 0 Å². The summed E-state index contributed by atoms with van der Waals surface area (Å²) in [5.41, 5.74) is 5.35. The Morgan fingerprint density at radius 2 is 0.828 bits per heavy atom. The first-order valence-electron chi connectivity index (χ1n) is 25.7. The second kappa shape index (κ2) is 47.0. The minimum absolute atomic E-state index is 0.157. The molecular weight excluding hydrogens is 830 g/mol. The number of carboxylic acid groups (broad SMARTS) is 1. The van der Waals surface area contributed by atoms with Crippen LogP contribution in [0.15, 0.2) is 48.6 Å². The van der Waals surface area contributed by atoms with Gasteiger partial charge in [-0.1, -0.05) is 191 Å². The molecular formula is C52H94NO10P. The topological polar surface area (TPSA) is 172 Å². The second-order valence-electron chi connectivity index (χ2n) is 17.3. The van der Waals surface area contributed by atoms with Crippen LogP contribution in [-0.4, -0.2) is 59.9 Å². The number of unbranched alkanes of at least 4 members (excludes halogenated alkanes) is 26. The largest absolute Gasteiger partial charge is 0.480 e. The fourth-order valence-corrected chi connectivity index (χ4v) is 7.79. The number of phosphoric acid groups is 1. The fourth-order valence-electron chi connectivity index (χ4n) is 7.01. The average Bonchev–Trinajstić information content (AvgIpc) is 3.27. The molecule has 4 N–H and O–H groups in total. The number of esters is 2. The molecule has 0 bridgehead atoms. The Labute approximate surface area is 390 Å². The summed E-state index contributed by atoms with van der Waals surface area (Å²) >= 11 is 0. The van der Waals surface area contributed by atoms with Crippen molar-refractivity contribution in [1.82, 2.24) is 0 Å². The normalized spacial score (nSPS) is 13.9. The molecule has 0 rings (SSSR count). The van der Waals surface area contributed by atoms with Gasteiger partial charge in [0.25, 0.3) is 0 Å². The van der Waals surface area contributed by atoms with Gasteiger partial charge in [0, 0.05) is 12.8 Å². The number of allylic oxidation sites excluding steroid dienone is 8. The van der Waals surface area contributed by atoms with Gasteiger partial charge in [-0.15, -0.1) is 0 Å². The van der Waals surface area contributed by atoms with Crippen LogP contribution in [0, 0.1) is 0 Å². The van der Waals surface area contributed by atoms with Crippen molar-refractivity contribution in [3.05, 3.63) is 48.6 Å². The van der Waals surface area contributed by atoms with Crippen LogP contribution in [0.4, 0.5) is 0 Å². The van der Waals surface area contributed by atoms with Crippen molar-refractivity contribution in [2.45, 2.75) is 244 Å². The van der Waals surface area contributed by atoms with Crippen LogP contribution in [0.5, 0.6) is 0 Å². The van der Waals surface area contributed by atoms with Gasteiger partial charge in [-0.3, -0.25) is 23.4 Å². The maximum absolute atomic E-state index is 12.7. The summed E-state index contributed by atoms with van der Waals surface area (Å²) in [6.07, 6.45) is 54.5. The number of carbonyl (C=O) groups excluding carboxylic acids is 2. The van der Waals surface area contributed by atoms with Crippen LogP contribution in [0.2, 0.25) is 0 Å². The first-order valence-corrected chi connectivity index (χ1v) is 27.2. The standard InChI is InChI=1S/C52H94NO10P/c1-3-5-7-9-11-13-15-17-19-21-22-23-24-25-26-28-30-32-34-36-38-40-42-44-51(55)63-48(46-61-64(58,59)62-47-49(53)52(56)57)45-60-50(54)43-41-39-37-35-33-31-29-27-20-18-16-14-12-10-8-6-4-2/h12,14-15,17-18,20-22,48-49H,3-11,13,16,19,23-47,53H2,1-2H3,(H,56,57)(H,58,59)/b14-12-,17-15-,20-18-,22-21-. The van der Waals surface area contributed by atoms with Gasteiger partial charge in [0.05, 0.1) is 13.2 Å². The van der Waals surface area contributed by atoms with Gasteiger partial charge in [0.15, 0.2) is 6.10 Å². The number of carbonyl (C=O) groups is 3. The highest BCUT2D eigenvalue weighted by molar-refractivity contribution is 7.47. The van der Waals surface area contributed by atoms with Crippen molar-refractivity contribution >= 4 is 25.7 Å². The van der Waals surface area contributed by atoms with E-state index in [1.807, 2.05) is 0 Å². The number of carboxylic acids is 1. The Kier molecular flexibility index (Phi) is 45.1. The van der Waals surface area contributed by atoms with E-state index in [9.17, 15) is 23.8 Å². The summed E-state index contributed by atoms with van der Waals surface area (Å²) in [5, 5.41) is 8.92. The van der Waals surface area contributed by atoms with E-state index < -0.39 is 51.1 Å². The molecule has 64 heavy (non-hydrogen) atoms. The third-order valence-corrected chi connectivity index (χ3v) is 12.0. The molecule has 0 aromatic rings. The van der Waals surface area contributed by atoms with Crippen molar-refractivity contribution in [3.63, 3.8) is 0 Å². The molecule has 372 valence electrons. The van der Waals surface area contributed by atoms with Crippen LogP contribution in [0.1, 0.15) is 232 Å². The van der Waals surface area contributed by atoms with E-state index in [4.69, 9.17) is 24.8 Å². The molecule has 0 radical (unpaired) electrons. The maximum Gasteiger partial charge on any atom is 0.472 e. The minimum Gasteiger partial charge on any atom is -0.480 e. The first kappa shape index (κ1) is 61.4. The molecule has 0 aliphatic carbocycles. The number of ether oxygens (including phenoxy) is 2. The van der Waals surface area contributed by atoms with Gasteiger partial charge in [-0.05, 0) is 77.0 Å². The highest BCUT2D eigenvalue weighted by atomic mass is 31.2. The van der Waals surface area contributed by atoms with Gasteiger partial charge in [-0.2, -0.15) is 0 Å². The molecule has 3 unspecified atom stereocenters. The van der Waals surface area contributed by atoms with Gasteiger partial charge < -0.3 is 25.2 Å². The van der Waals surface area contributed by atoms with E-state index >= 15 is 0 Å². The van der Waals surface area contributed by atoms with Crippen molar-refractivity contribution in [2.24, 2.45) is 5.73 Å². The number of hydrogen-bond donors (Lipinski definition) is 3. The first-order chi connectivity index (χ1) is 31.1. The quantitative estimate of drug-likeness (QED) is 0.0229. The van der Waals surface area contributed by atoms with Crippen molar-refractivity contribution in [3.8, 4) is 0 Å². The predicted octanol–water partition coefficient (Wildman–Crippen LogP) is 14.5. The maximum atomic E-state index is 12.7. The number of phosphoric ester groups is 1. The molecule has 0 spiro atoms. The zero-order valence-corrected chi connectivity index (χ0v) is 41.5. The molecule has 3 atom stereocenters. The van der Waals surface area contributed by atoms with Gasteiger partial charge in [-0.25, -0.2) is 4.57 Å². The number of aliphatic carboxylic acids is 1. The molecule has 11 nitrogen and oxygen atoms in total. The summed E-state index contributed by atoms with van der Waals surface area (Å²) in [6, 6.07) is -1.52. The second-order valence-corrected chi connectivity index (χ2v) is 18.8. The number of nitrogens with two attached hydrogens (primary N) is 1. The van der Waals surface area contributed by atoms with Crippen LogP contribution >= 0.6 is 7.82 Å². The Hall–Kier alpha value is -2.56. The van der Waals surface area contributed by atoms with Crippen LogP contribution in [-0.2, 0) is 37.5 Å². The zero-order valence-electron chi connectivity index (χ0n) is 40.6. The SMILES string of the molecule is CCCCC/C=C\C/C=C\CCCCCCCCCC(=O)OCC(COP(=O)(O)OCC(N)C(=O)O)OC(=O)CCCCCCCCCCCCC/C=C\C/C=C\CCCCCCC. The van der Waals surface area contributed by atoms with Crippen molar-refractivity contribution < 1.29 is 47.5 Å². The summed E-state index contributed by atoms with van der Waals surface area (Å²) in [5.74, 6) is -2.38. The number of hydrogen-bond acceptors (Lipinski definition) is 9. The zero-order chi connectivity index (χ0) is 47.0. The molecule has 0 fully saturated rings. The van der Waals surface area contributed by atoms with Crippen LogP contribution in [0.25, 0.3) is 0 Å². The lowest BCUT2D eigenvalue weighted by Crippen LogP contribution is -2.34. The summed E-state index contributed by atoms with van der Waals surface area (Å²) in [4.78, 5) is 46.2. The van der Waals surface area contributed by atoms with Crippen LogP contribution < -0.4 is 5.73 Å². The van der Waals surface area contributed by atoms with E-state index in [0.29, 0.717) is 12.8 Å². The molecule has 0 amide bonds. The van der Waals surface area contributed by atoms with E-state index in [-0.39, 0.29) is 19.4 Å². The lowest BCUT2D eigenvalue weighted by Gasteiger charge is -2.20. The van der Waals surface area contributed by atoms with E-state index in [2.05, 4.69) is 67.0 Å². The van der Waals surface area contributed by atoms with Crippen molar-refractivity contribution in [1.29, 1.82) is 0 Å². The highest BCUT2D eigenvalue weighted by Gasteiger charge is 2.28. The molecule has 0 aliphatic rings. The third kappa shape index (κ3) is 46.0. The molecule has 0 saturated heterocycles. The molecule has 0 saturated carbocycles. The molecule has 0 aliphatic heterocycles. The van der Waals surface area contributed by atoms with Gasteiger partial charge >= 0.3 is 25.7 Å². The minimum atomic E-state index is -4.72. The van der Waals surface area contributed by atoms with E-state index in [1.165, 1.54) is 135 Å². The lowest BCUT2D eigenvalue weighted by molar-refractivity contribution is -0.161. The average molecular weight is 924 g/mol.